The standard InChI is InChI=1S/C9H13N3S/c1-13-9-11-5-6-3-2-4-7(10)8(6)12-9/h5,7H,2-4,10H2,1H3. The lowest BCUT2D eigenvalue weighted by molar-refractivity contribution is 0.543. The van der Waals surface area contributed by atoms with Crippen LogP contribution < -0.4 is 5.73 Å². The zero-order chi connectivity index (χ0) is 9.26. The smallest absolute Gasteiger partial charge is 0.187 e. The third kappa shape index (κ3) is 1.69. The van der Waals surface area contributed by atoms with E-state index < -0.39 is 0 Å². The third-order valence-electron chi connectivity index (χ3n) is 2.37. The molecule has 2 rings (SSSR count). The molecule has 1 unspecified atom stereocenters. The summed E-state index contributed by atoms with van der Waals surface area (Å²) in [5.74, 6) is 0. The van der Waals surface area contributed by atoms with Crippen LogP contribution in [0.4, 0.5) is 0 Å². The fourth-order valence-electron chi connectivity index (χ4n) is 1.66. The monoisotopic (exact) mass is 195 g/mol. The summed E-state index contributed by atoms with van der Waals surface area (Å²) in [6.45, 7) is 0. The Balaban J connectivity index is 2.41. The molecule has 0 saturated heterocycles. The number of hydrogen-bond acceptors (Lipinski definition) is 4. The van der Waals surface area contributed by atoms with Crippen molar-refractivity contribution in [1.82, 2.24) is 9.97 Å². The van der Waals surface area contributed by atoms with Gasteiger partial charge in [0.25, 0.3) is 0 Å². The molecule has 70 valence electrons. The first-order valence-electron chi connectivity index (χ1n) is 4.46. The lowest BCUT2D eigenvalue weighted by atomic mass is 9.94. The second-order valence-electron chi connectivity index (χ2n) is 3.27. The van der Waals surface area contributed by atoms with Gasteiger partial charge in [0.15, 0.2) is 5.16 Å². The first kappa shape index (κ1) is 8.97. The molecule has 1 heterocycles. The fourth-order valence-corrected chi connectivity index (χ4v) is 2.01. The largest absolute Gasteiger partial charge is 0.323 e. The van der Waals surface area contributed by atoms with Crippen molar-refractivity contribution < 1.29 is 0 Å². The van der Waals surface area contributed by atoms with Gasteiger partial charge in [0.05, 0.1) is 5.69 Å². The quantitative estimate of drug-likeness (QED) is 0.545. The Kier molecular flexibility index (Phi) is 2.51. The van der Waals surface area contributed by atoms with E-state index in [0.717, 1.165) is 30.1 Å². The van der Waals surface area contributed by atoms with Crippen molar-refractivity contribution in [3.8, 4) is 0 Å². The summed E-state index contributed by atoms with van der Waals surface area (Å²) in [4.78, 5) is 8.68. The summed E-state index contributed by atoms with van der Waals surface area (Å²) in [6.07, 6.45) is 7.20. The molecule has 0 aliphatic heterocycles. The van der Waals surface area contributed by atoms with Crippen LogP contribution in [0.25, 0.3) is 0 Å². The summed E-state index contributed by atoms with van der Waals surface area (Å²) in [5.41, 5.74) is 8.26. The third-order valence-corrected chi connectivity index (χ3v) is 2.93. The average Bonchev–Trinajstić information content (AvgIpc) is 2.18. The second-order valence-corrected chi connectivity index (χ2v) is 4.04. The molecule has 1 aliphatic carbocycles. The van der Waals surface area contributed by atoms with Gasteiger partial charge in [0.2, 0.25) is 0 Å². The highest BCUT2D eigenvalue weighted by Gasteiger charge is 2.18. The number of aromatic nitrogens is 2. The molecule has 0 saturated carbocycles. The first-order chi connectivity index (χ1) is 6.31. The summed E-state index contributed by atoms with van der Waals surface area (Å²) >= 11 is 1.57. The predicted octanol–water partition coefficient (Wildman–Crippen LogP) is 1.53. The molecule has 1 aromatic rings. The molecular formula is C9H13N3S. The Morgan fingerprint density at radius 3 is 3.23 bits per heavy atom. The Hall–Kier alpha value is -0.610. The van der Waals surface area contributed by atoms with E-state index in [0.29, 0.717) is 0 Å². The van der Waals surface area contributed by atoms with Crippen LogP contribution in [0.1, 0.15) is 30.1 Å². The van der Waals surface area contributed by atoms with Crippen LogP contribution in [0.3, 0.4) is 0 Å². The van der Waals surface area contributed by atoms with Crippen molar-refractivity contribution >= 4 is 11.8 Å². The van der Waals surface area contributed by atoms with Crippen LogP contribution >= 0.6 is 11.8 Å². The molecule has 0 spiro atoms. The Morgan fingerprint density at radius 1 is 1.62 bits per heavy atom. The molecule has 13 heavy (non-hydrogen) atoms. The van der Waals surface area contributed by atoms with Crippen LogP contribution in [-0.4, -0.2) is 16.2 Å². The number of thioether (sulfide) groups is 1. The van der Waals surface area contributed by atoms with Crippen LogP contribution in [0.15, 0.2) is 11.4 Å². The summed E-state index contributed by atoms with van der Waals surface area (Å²) < 4.78 is 0. The minimum absolute atomic E-state index is 0.123. The molecule has 1 aromatic heterocycles. The van der Waals surface area contributed by atoms with Gasteiger partial charge >= 0.3 is 0 Å². The number of fused-ring (bicyclic) bond motifs is 1. The zero-order valence-electron chi connectivity index (χ0n) is 7.66. The molecule has 0 bridgehead atoms. The summed E-state index contributed by atoms with van der Waals surface area (Å²) in [7, 11) is 0. The van der Waals surface area contributed by atoms with E-state index in [9.17, 15) is 0 Å². The lowest BCUT2D eigenvalue weighted by Gasteiger charge is -2.20. The highest BCUT2D eigenvalue weighted by molar-refractivity contribution is 7.98. The van der Waals surface area contributed by atoms with E-state index in [2.05, 4.69) is 9.97 Å². The molecule has 0 aromatic carbocycles. The van der Waals surface area contributed by atoms with Crippen LogP contribution in [0, 0.1) is 0 Å². The van der Waals surface area contributed by atoms with Crippen molar-refractivity contribution in [3.63, 3.8) is 0 Å². The molecule has 0 amide bonds. The van der Waals surface area contributed by atoms with Gasteiger partial charge in [-0.25, -0.2) is 9.97 Å². The Morgan fingerprint density at radius 2 is 2.46 bits per heavy atom. The van der Waals surface area contributed by atoms with Gasteiger partial charge < -0.3 is 5.73 Å². The van der Waals surface area contributed by atoms with Gasteiger partial charge in [-0.05, 0) is 31.1 Å². The maximum atomic E-state index is 5.97. The number of nitrogens with two attached hydrogens (primary N) is 1. The highest BCUT2D eigenvalue weighted by atomic mass is 32.2. The van der Waals surface area contributed by atoms with Gasteiger partial charge in [-0.3, -0.25) is 0 Å². The number of nitrogens with zero attached hydrogens (tertiary/aromatic N) is 2. The summed E-state index contributed by atoms with van der Waals surface area (Å²) in [6, 6.07) is 0.123. The molecule has 3 nitrogen and oxygen atoms in total. The van der Waals surface area contributed by atoms with E-state index in [1.807, 2.05) is 12.5 Å². The van der Waals surface area contributed by atoms with Gasteiger partial charge in [-0.1, -0.05) is 11.8 Å². The average molecular weight is 195 g/mol. The van der Waals surface area contributed by atoms with Crippen LogP contribution in [0.2, 0.25) is 0 Å². The molecule has 0 fully saturated rings. The summed E-state index contributed by atoms with van der Waals surface area (Å²) in [5, 5.41) is 0.830. The fraction of sp³-hybridized carbons (Fsp3) is 0.556. The molecule has 2 N–H and O–H groups in total. The van der Waals surface area contributed by atoms with Gasteiger partial charge in [-0.2, -0.15) is 0 Å². The minimum Gasteiger partial charge on any atom is -0.323 e. The maximum Gasteiger partial charge on any atom is 0.187 e. The van der Waals surface area contributed by atoms with Crippen molar-refractivity contribution in [1.29, 1.82) is 0 Å². The number of aryl methyl sites for hydroxylation is 1. The lowest BCUT2D eigenvalue weighted by Crippen LogP contribution is -2.19. The van der Waals surface area contributed by atoms with Crippen LogP contribution in [-0.2, 0) is 6.42 Å². The number of rotatable bonds is 1. The second kappa shape index (κ2) is 3.64. The van der Waals surface area contributed by atoms with Crippen molar-refractivity contribution in [3.05, 3.63) is 17.5 Å². The molecule has 1 atom stereocenters. The predicted molar refractivity (Wildman–Crippen MR) is 53.7 cm³/mol. The maximum absolute atomic E-state index is 5.97. The highest BCUT2D eigenvalue weighted by Crippen LogP contribution is 2.26. The van der Waals surface area contributed by atoms with Crippen molar-refractivity contribution in [2.75, 3.05) is 6.26 Å². The first-order valence-corrected chi connectivity index (χ1v) is 5.69. The van der Waals surface area contributed by atoms with E-state index >= 15 is 0 Å². The Bertz CT molecular complexity index is 314. The topological polar surface area (TPSA) is 51.8 Å². The number of hydrogen-bond donors (Lipinski definition) is 1. The molecule has 0 radical (unpaired) electrons. The van der Waals surface area contributed by atoms with Gasteiger partial charge in [0, 0.05) is 12.2 Å². The molecular weight excluding hydrogens is 182 g/mol. The zero-order valence-corrected chi connectivity index (χ0v) is 8.47. The minimum atomic E-state index is 0.123. The van der Waals surface area contributed by atoms with E-state index in [-0.39, 0.29) is 6.04 Å². The van der Waals surface area contributed by atoms with Crippen LogP contribution in [0.5, 0.6) is 0 Å². The SMILES string of the molecule is CSc1ncc2c(n1)C(N)CCC2. The Labute approximate surface area is 82.2 Å². The van der Waals surface area contributed by atoms with Gasteiger partial charge in [0.1, 0.15) is 0 Å². The van der Waals surface area contributed by atoms with E-state index in [1.165, 1.54) is 5.56 Å². The normalized spacial score (nSPS) is 21.2. The van der Waals surface area contributed by atoms with Crippen molar-refractivity contribution in [2.45, 2.75) is 30.5 Å². The molecule has 4 heteroatoms. The van der Waals surface area contributed by atoms with Gasteiger partial charge in [-0.15, -0.1) is 0 Å². The van der Waals surface area contributed by atoms with E-state index in [1.54, 1.807) is 11.8 Å². The van der Waals surface area contributed by atoms with Crippen molar-refractivity contribution in [2.24, 2.45) is 5.73 Å². The molecule has 1 aliphatic rings. The van der Waals surface area contributed by atoms with E-state index in [4.69, 9.17) is 5.73 Å².